The second kappa shape index (κ2) is 5.91. The third-order valence-electron chi connectivity index (χ3n) is 3.32. The number of rotatable bonds is 5. The van der Waals surface area contributed by atoms with E-state index < -0.39 is 0 Å². The van der Waals surface area contributed by atoms with Crippen molar-refractivity contribution in [3.8, 4) is 0 Å². The van der Waals surface area contributed by atoms with Gasteiger partial charge in [0.05, 0.1) is 0 Å². The summed E-state index contributed by atoms with van der Waals surface area (Å²) in [5, 5.41) is 4.25. The lowest BCUT2D eigenvalue weighted by Crippen LogP contribution is -2.26. The fraction of sp³-hybridized carbons (Fsp3) is 0.438. The molecule has 0 aliphatic rings. The highest BCUT2D eigenvalue weighted by Crippen LogP contribution is 2.21. The van der Waals surface area contributed by atoms with Crippen LogP contribution in [0.4, 0.5) is 0 Å². The maximum atomic E-state index is 11.6. The van der Waals surface area contributed by atoms with Crippen molar-refractivity contribution in [1.82, 2.24) is 10.3 Å². The summed E-state index contributed by atoms with van der Waals surface area (Å²) in [6.07, 6.45) is 1.48. The molecule has 3 heteroatoms. The van der Waals surface area contributed by atoms with Crippen LogP contribution < -0.4 is 5.32 Å². The zero-order valence-electron chi connectivity index (χ0n) is 11.9. The molecule has 2 rings (SSSR count). The minimum absolute atomic E-state index is 0.146. The molecule has 2 aromatic rings. The van der Waals surface area contributed by atoms with Crippen LogP contribution in [-0.2, 0) is 11.2 Å². The Balaban J connectivity index is 1.98. The Kier molecular flexibility index (Phi) is 4.25. The van der Waals surface area contributed by atoms with Crippen molar-refractivity contribution in [1.29, 1.82) is 0 Å². The first kappa shape index (κ1) is 13.7. The van der Waals surface area contributed by atoms with E-state index in [0.717, 1.165) is 6.42 Å². The van der Waals surface area contributed by atoms with E-state index >= 15 is 0 Å². The molecule has 19 heavy (non-hydrogen) atoms. The van der Waals surface area contributed by atoms with E-state index in [1.807, 2.05) is 6.07 Å². The van der Waals surface area contributed by atoms with Gasteiger partial charge in [-0.2, -0.15) is 0 Å². The minimum Gasteiger partial charge on any atom is -0.358 e. The van der Waals surface area contributed by atoms with E-state index in [-0.39, 0.29) is 5.91 Å². The van der Waals surface area contributed by atoms with Crippen molar-refractivity contribution in [2.24, 2.45) is 5.92 Å². The molecule has 102 valence electrons. The topological polar surface area (TPSA) is 44.9 Å². The van der Waals surface area contributed by atoms with Gasteiger partial charge in [-0.05, 0) is 30.9 Å². The standard InChI is InChI=1S/C16H22N2O/c1-11(2)10-16(19)17-9-8-13-12(3)18-15-7-5-4-6-14(13)15/h4-7,11,18H,8-10H2,1-3H3,(H,17,19). The molecule has 3 nitrogen and oxygen atoms in total. The van der Waals surface area contributed by atoms with Gasteiger partial charge in [0, 0.05) is 29.6 Å². The normalized spacial score (nSPS) is 11.2. The first-order chi connectivity index (χ1) is 9.08. The highest BCUT2D eigenvalue weighted by molar-refractivity contribution is 5.84. The first-order valence-electron chi connectivity index (χ1n) is 6.91. The second-order valence-corrected chi connectivity index (χ2v) is 5.47. The van der Waals surface area contributed by atoms with E-state index in [9.17, 15) is 4.79 Å². The van der Waals surface area contributed by atoms with Crippen molar-refractivity contribution in [2.45, 2.75) is 33.6 Å². The number of para-hydroxylation sites is 1. The van der Waals surface area contributed by atoms with Crippen LogP contribution in [0.25, 0.3) is 10.9 Å². The molecular formula is C16H22N2O. The number of hydrogen-bond donors (Lipinski definition) is 2. The van der Waals surface area contributed by atoms with Crippen molar-refractivity contribution < 1.29 is 4.79 Å². The maximum absolute atomic E-state index is 11.6. The number of nitrogens with one attached hydrogen (secondary N) is 2. The quantitative estimate of drug-likeness (QED) is 0.850. The van der Waals surface area contributed by atoms with Gasteiger partial charge in [-0.1, -0.05) is 32.0 Å². The fourth-order valence-electron chi connectivity index (χ4n) is 2.43. The number of carbonyl (C=O) groups is 1. The monoisotopic (exact) mass is 258 g/mol. The molecule has 1 amide bonds. The smallest absolute Gasteiger partial charge is 0.220 e. The van der Waals surface area contributed by atoms with Crippen molar-refractivity contribution in [3.63, 3.8) is 0 Å². The van der Waals surface area contributed by atoms with Gasteiger partial charge >= 0.3 is 0 Å². The van der Waals surface area contributed by atoms with Crippen LogP contribution in [0.2, 0.25) is 0 Å². The molecular weight excluding hydrogens is 236 g/mol. The highest BCUT2D eigenvalue weighted by atomic mass is 16.1. The summed E-state index contributed by atoms with van der Waals surface area (Å²) >= 11 is 0. The average molecular weight is 258 g/mol. The number of fused-ring (bicyclic) bond motifs is 1. The van der Waals surface area contributed by atoms with Crippen LogP contribution in [0.1, 0.15) is 31.5 Å². The summed E-state index contributed by atoms with van der Waals surface area (Å²) in [7, 11) is 0. The molecule has 0 radical (unpaired) electrons. The van der Waals surface area contributed by atoms with E-state index in [1.165, 1.54) is 22.2 Å². The van der Waals surface area contributed by atoms with E-state index in [2.05, 4.69) is 49.3 Å². The number of aromatic nitrogens is 1. The zero-order chi connectivity index (χ0) is 13.8. The molecule has 1 aromatic carbocycles. The Morgan fingerprint density at radius 3 is 2.79 bits per heavy atom. The predicted molar refractivity (Wildman–Crippen MR) is 79.2 cm³/mol. The van der Waals surface area contributed by atoms with Gasteiger partial charge in [0.2, 0.25) is 5.91 Å². The largest absolute Gasteiger partial charge is 0.358 e. The van der Waals surface area contributed by atoms with E-state index in [0.29, 0.717) is 18.9 Å². The Morgan fingerprint density at radius 2 is 2.05 bits per heavy atom. The predicted octanol–water partition coefficient (Wildman–Crippen LogP) is 3.18. The van der Waals surface area contributed by atoms with E-state index in [4.69, 9.17) is 0 Å². The SMILES string of the molecule is Cc1[nH]c2ccccc2c1CCNC(=O)CC(C)C. The first-order valence-corrected chi connectivity index (χ1v) is 6.91. The lowest BCUT2D eigenvalue weighted by Gasteiger charge is -2.07. The number of H-pyrrole nitrogens is 1. The summed E-state index contributed by atoms with van der Waals surface area (Å²) in [6, 6.07) is 8.30. The van der Waals surface area contributed by atoms with Gasteiger partial charge in [0.1, 0.15) is 0 Å². The summed E-state index contributed by atoms with van der Waals surface area (Å²) in [5.74, 6) is 0.558. The lowest BCUT2D eigenvalue weighted by molar-refractivity contribution is -0.121. The summed E-state index contributed by atoms with van der Waals surface area (Å²) < 4.78 is 0. The molecule has 0 aliphatic carbocycles. The third kappa shape index (κ3) is 3.37. The van der Waals surface area contributed by atoms with Gasteiger partial charge in [-0.25, -0.2) is 0 Å². The molecule has 1 heterocycles. The second-order valence-electron chi connectivity index (χ2n) is 5.47. The van der Waals surface area contributed by atoms with Crippen LogP contribution in [0, 0.1) is 12.8 Å². The lowest BCUT2D eigenvalue weighted by atomic mass is 10.1. The van der Waals surface area contributed by atoms with Gasteiger partial charge in [0.15, 0.2) is 0 Å². The highest BCUT2D eigenvalue weighted by Gasteiger charge is 2.08. The molecule has 0 bridgehead atoms. The molecule has 0 spiro atoms. The molecule has 1 aromatic heterocycles. The Labute approximate surface area is 114 Å². The van der Waals surface area contributed by atoms with Gasteiger partial charge in [-0.3, -0.25) is 4.79 Å². The Morgan fingerprint density at radius 1 is 1.32 bits per heavy atom. The van der Waals surface area contributed by atoms with Crippen molar-refractivity contribution in [3.05, 3.63) is 35.5 Å². The molecule has 0 saturated carbocycles. The molecule has 0 unspecified atom stereocenters. The minimum atomic E-state index is 0.146. The Bertz CT molecular complexity index is 569. The van der Waals surface area contributed by atoms with Crippen LogP contribution in [-0.4, -0.2) is 17.4 Å². The summed E-state index contributed by atoms with van der Waals surface area (Å²) in [4.78, 5) is 15.0. The molecule has 2 N–H and O–H groups in total. The van der Waals surface area contributed by atoms with Crippen LogP contribution in [0.5, 0.6) is 0 Å². The molecule has 0 fully saturated rings. The number of aromatic amines is 1. The summed E-state index contributed by atoms with van der Waals surface area (Å²) in [6.45, 7) is 6.91. The van der Waals surface area contributed by atoms with Crippen molar-refractivity contribution >= 4 is 16.8 Å². The fourth-order valence-corrected chi connectivity index (χ4v) is 2.43. The van der Waals surface area contributed by atoms with Crippen LogP contribution in [0.15, 0.2) is 24.3 Å². The van der Waals surface area contributed by atoms with E-state index in [1.54, 1.807) is 0 Å². The van der Waals surface area contributed by atoms with Gasteiger partial charge < -0.3 is 10.3 Å². The average Bonchev–Trinajstić information content (AvgIpc) is 2.65. The number of aryl methyl sites for hydroxylation is 1. The zero-order valence-corrected chi connectivity index (χ0v) is 11.9. The molecule has 0 saturated heterocycles. The number of benzene rings is 1. The third-order valence-corrected chi connectivity index (χ3v) is 3.32. The van der Waals surface area contributed by atoms with Crippen molar-refractivity contribution in [2.75, 3.05) is 6.54 Å². The van der Waals surface area contributed by atoms with Gasteiger partial charge in [0.25, 0.3) is 0 Å². The Hall–Kier alpha value is -1.77. The van der Waals surface area contributed by atoms with Gasteiger partial charge in [-0.15, -0.1) is 0 Å². The number of hydrogen-bond acceptors (Lipinski definition) is 1. The number of carbonyl (C=O) groups excluding carboxylic acids is 1. The molecule has 0 atom stereocenters. The molecule has 0 aliphatic heterocycles. The summed E-state index contributed by atoms with van der Waals surface area (Å²) in [5.41, 5.74) is 3.67. The van der Waals surface area contributed by atoms with Crippen LogP contribution in [0.3, 0.4) is 0 Å². The van der Waals surface area contributed by atoms with Crippen LogP contribution >= 0.6 is 0 Å². The maximum Gasteiger partial charge on any atom is 0.220 e. The number of amides is 1.